The summed E-state index contributed by atoms with van der Waals surface area (Å²) in [5.41, 5.74) is 0.402. The summed E-state index contributed by atoms with van der Waals surface area (Å²) in [5.74, 6) is -0.0114. The van der Waals surface area contributed by atoms with Crippen LogP contribution in [-0.2, 0) is 0 Å². The van der Waals surface area contributed by atoms with Crippen LogP contribution in [0.1, 0.15) is 23.2 Å². The summed E-state index contributed by atoms with van der Waals surface area (Å²) in [6.45, 7) is 0.319. The fourth-order valence-corrected chi connectivity index (χ4v) is 1.92. The first kappa shape index (κ1) is 13.6. The van der Waals surface area contributed by atoms with Crippen LogP contribution < -0.4 is 5.32 Å². The number of nitrogens with zero attached hydrogens (tertiary/aromatic N) is 2. The van der Waals surface area contributed by atoms with Crippen molar-refractivity contribution in [2.75, 3.05) is 25.0 Å². The van der Waals surface area contributed by atoms with Crippen molar-refractivity contribution in [3.63, 3.8) is 0 Å². The summed E-state index contributed by atoms with van der Waals surface area (Å²) in [6.07, 6.45) is -1.00. The van der Waals surface area contributed by atoms with E-state index in [2.05, 4.69) is 10.3 Å². The minimum atomic E-state index is -4.29. The van der Waals surface area contributed by atoms with Gasteiger partial charge in [-0.15, -0.1) is 0 Å². The minimum absolute atomic E-state index is 0.107. The molecular formula is C12H14F3N3O. The van der Waals surface area contributed by atoms with Crippen LogP contribution in [0.2, 0.25) is 0 Å². The van der Waals surface area contributed by atoms with Crippen LogP contribution in [0.25, 0.3) is 0 Å². The summed E-state index contributed by atoms with van der Waals surface area (Å²) in [7, 11) is 0. The molecule has 2 rings (SSSR count). The van der Waals surface area contributed by atoms with Crippen LogP contribution in [0.15, 0.2) is 18.3 Å². The summed E-state index contributed by atoms with van der Waals surface area (Å²) >= 11 is 0. The van der Waals surface area contributed by atoms with Gasteiger partial charge in [0, 0.05) is 19.3 Å². The lowest BCUT2D eigenvalue weighted by Gasteiger charge is -2.15. The van der Waals surface area contributed by atoms with Gasteiger partial charge in [-0.1, -0.05) is 0 Å². The predicted molar refractivity (Wildman–Crippen MR) is 63.9 cm³/mol. The molecule has 1 aliphatic heterocycles. The molecule has 104 valence electrons. The van der Waals surface area contributed by atoms with E-state index < -0.39 is 12.7 Å². The molecule has 7 heteroatoms. The molecule has 0 radical (unpaired) electrons. The second-order valence-corrected chi connectivity index (χ2v) is 4.40. The Labute approximate surface area is 108 Å². The van der Waals surface area contributed by atoms with Gasteiger partial charge in [0.25, 0.3) is 5.91 Å². The molecule has 0 aromatic carbocycles. The highest BCUT2D eigenvalue weighted by molar-refractivity contribution is 5.94. The number of nitrogens with one attached hydrogen (secondary N) is 1. The Hall–Kier alpha value is -1.79. The van der Waals surface area contributed by atoms with Crippen LogP contribution in [0.5, 0.6) is 0 Å². The molecule has 2 heterocycles. The van der Waals surface area contributed by atoms with Crippen molar-refractivity contribution in [2.45, 2.75) is 19.0 Å². The number of pyridine rings is 1. The highest BCUT2D eigenvalue weighted by Gasteiger charge is 2.26. The molecular weight excluding hydrogens is 259 g/mol. The van der Waals surface area contributed by atoms with E-state index >= 15 is 0 Å². The SMILES string of the molecule is O=C(c1ccc(NCC(F)(F)F)nc1)N1CCCC1. The largest absolute Gasteiger partial charge is 0.405 e. The molecule has 1 amide bonds. The normalized spacial score (nSPS) is 15.6. The van der Waals surface area contributed by atoms with Gasteiger partial charge in [-0.2, -0.15) is 13.2 Å². The van der Waals surface area contributed by atoms with Gasteiger partial charge in [0.05, 0.1) is 5.56 Å². The fraction of sp³-hybridized carbons (Fsp3) is 0.500. The van der Waals surface area contributed by atoms with Crippen LogP contribution in [0, 0.1) is 0 Å². The van der Waals surface area contributed by atoms with Gasteiger partial charge >= 0.3 is 6.18 Å². The molecule has 1 saturated heterocycles. The Morgan fingerprint density at radius 2 is 2.00 bits per heavy atom. The second-order valence-electron chi connectivity index (χ2n) is 4.40. The average molecular weight is 273 g/mol. The van der Waals surface area contributed by atoms with E-state index in [4.69, 9.17) is 0 Å². The zero-order valence-electron chi connectivity index (χ0n) is 10.2. The maximum absolute atomic E-state index is 12.0. The van der Waals surface area contributed by atoms with E-state index in [0.29, 0.717) is 5.56 Å². The zero-order valence-corrected chi connectivity index (χ0v) is 10.2. The van der Waals surface area contributed by atoms with Gasteiger partial charge in [0.2, 0.25) is 0 Å². The number of amides is 1. The molecule has 1 N–H and O–H groups in total. The highest BCUT2D eigenvalue weighted by atomic mass is 19.4. The molecule has 1 fully saturated rings. The lowest BCUT2D eigenvalue weighted by molar-refractivity contribution is -0.115. The van der Waals surface area contributed by atoms with Gasteiger partial charge < -0.3 is 10.2 Å². The van der Waals surface area contributed by atoms with Crippen molar-refractivity contribution in [2.24, 2.45) is 0 Å². The van der Waals surface area contributed by atoms with Crippen LogP contribution in [-0.4, -0.2) is 41.6 Å². The Bertz CT molecular complexity index is 439. The third-order valence-electron chi connectivity index (χ3n) is 2.87. The molecule has 1 aromatic rings. The third kappa shape index (κ3) is 3.84. The van der Waals surface area contributed by atoms with Crippen molar-refractivity contribution in [3.8, 4) is 0 Å². The standard InChI is InChI=1S/C12H14F3N3O/c13-12(14,15)8-17-10-4-3-9(7-16-10)11(19)18-5-1-2-6-18/h3-4,7H,1-2,5-6,8H2,(H,16,17). The van der Waals surface area contributed by atoms with Crippen molar-refractivity contribution in [3.05, 3.63) is 23.9 Å². The lowest BCUT2D eigenvalue weighted by Crippen LogP contribution is -2.27. The van der Waals surface area contributed by atoms with Gasteiger partial charge in [-0.3, -0.25) is 4.79 Å². The molecule has 0 saturated carbocycles. The Balaban J connectivity index is 1.96. The van der Waals surface area contributed by atoms with Crippen LogP contribution in [0.4, 0.5) is 19.0 Å². The molecule has 4 nitrogen and oxygen atoms in total. The number of hydrogen-bond acceptors (Lipinski definition) is 3. The lowest BCUT2D eigenvalue weighted by atomic mass is 10.2. The second kappa shape index (κ2) is 5.46. The van der Waals surface area contributed by atoms with E-state index in [0.717, 1.165) is 25.9 Å². The first-order valence-electron chi connectivity index (χ1n) is 6.02. The predicted octanol–water partition coefficient (Wildman–Crippen LogP) is 2.29. The quantitative estimate of drug-likeness (QED) is 0.919. The number of aromatic nitrogens is 1. The van der Waals surface area contributed by atoms with Gasteiger partial charge in [0.1, 0.15) is 12.4 Å². The summed E-state index contributed by atoms with van der Waals surface area (Å²) < 4.78 is 36.0. The molecule has 1 aliphatic rings. The number of carbonyl (C=O) groups is 1. The van der Waals surface area contributed by atoms with E-state index in [1.165, 1.54) is 18.3 Å². The van der Waals surface area contributed by atoms with Gasteiger partial charge in [0.15, 0.2) is 0 Å². The van der Waals surface area contributed by atoms with Crippen LogP contribution in [0.3, 0.4) is 0 Å². The molecule has 0 bridgehead atoms. The number of halogens is 3. The summed E-state index contributed by atoms with van der Waals surface area (Å²) in [5, 5.41) is 2.16. The van der Waals surface area contributed by atoms with E-state index in [9.17, 15) is 18.0 Å². The molecule has 1 aromatic heterocycles. The van der Waals surface area contributed by atoms with E-state index in [-0.39, 0.29) is 11.7 Å². The van der Waals surface area contributed by atoms with Crippen LogP contribution >= 0.6 is 0 Å². The fourth-order valence-electron chi connectivity index (χ4n) is 1.92. The Morgan fingerprint density at radius 3 is 2.53 bits per heavy atom. The maximum atomic E-state index is 12.0. The molecule has 0 atom stereocenters. The highest BCUT2D eigenvalue weighted by Crippen LogP contribution is 2.16. The molecule has 0 unspecified atom stereocenters. The Kier molecular flexibility index (Phi) is 3.92. The average Bonchev–Trinajstić information content (AvgIpc) is 2.89. The smallest absolute Gasteiger partial charge is 0.361 e. The summed E-state index contributed by atoms with van der Waals surface area (Å²) in [6, 6.07) is 2.88. The molecule has 0 aliphatic carbocycles. The van der Waals surface area contributed by atoms with Gasteiger partial charge in [-0.25, -0.2) is 4.98 Å². The number of likely N-dealkylation sites (tertiary alicyclic amines) is 1. The van der Waals surface area contributed by atoms with Crippen molar-refractivity contribution in [1.29, 1.82) is 0 Å². The summed E-state index contributed by atoms with van der Waals surface area (Å²) in [4.78, 5) is 17.5. The van der Waals surface area contributed by atoms with Crippen molar-refractivity contribution in [1.82, 2.24) is 9.88 Å². The topological polar surface area (TPSA) is 45.2 Å². The number of anilines is 1. The van der Waals surface area contributed by atoms with Gasteiger partial charge in [-0.05, 0) is 25.0 Å². The molecule has 0 spiro atoms. The molecule has 19 heavy (non-hydrogen) atoms. The maximum Gasteiger partial charge on any atom is 0.405 e. The third-order valence-corrected chi connectivity index (χ3v) is 2.87. The number of rotatable bonds is 3. The monoisotopic (exact) mass is 273 g/mol. The minimum Gasteiger partial charge on any atom is -0.361 e. The number of carbonyl (C=O) groups excluding carboxylic acids is 1. The van der Waals surface area contributed by atoms with E-state index in [1.807, 2.05) is 0 Å². The van der Waals surface area contributed by atoms with Crippen molar-refractivity contribution < 1.29 is 18.0 Å². The number of hydrogen-bond donors (Lipinski definition) is 1. The first-order chi connectivity index (χ1) is 8.96. The zero-order chi connectivity index (χ0) is 13.9. The van der Waals surface area contributed by atoms with E-state index in [1.54, 1.807) is 4.90 Å². The first-order valence-corrected chi connectivity index (χ1v) is 6.02. The number of alkyl halides is 3. The van der Waals surface area contributed by atoms with Crippen molar-refractivity contribution >= 4 is 11.7 Å². The Morgan fingerprint density at radius 1 is 1.32 bits per heavy atom.